The number of hydrogen-bond acceptors (Lipinski definition) is 3. The van der Waals surface area contributed by atoms with Gasteiger partial charge in [0, 0.05) is 36.3 Å². The van der Waals surface area contributed by atoms with Gasteiger partial charge >= 0.3 is 0 Å². The van der Waals surface area contributed by atoms with Gasteiger partial charge < -0.3 is 9.88 Å². The Hall–Kier alpha value is -1.26. The molecular formula is C16H23N3S. The lowest BCUT2D eigenvalue weighted by atomic mass is 10.0. The van der Waals surface area contributed by atoms with E-state index in [1.165, 1.54) is 10.5 Å². The Morgan fingerprint density at radius 2 is 2.05 bits per heavy atom. The van der Waals surface area contributed by atoms with E-state index in [-0.39, 0.29) is 0 Å². The fourth-order valence-electron chi connectivity index (χ4n) is 2.38. The number of rotatable bonds is 7. The molecule has 1 N–H and O–H groups in total. The molecular weight excluding hydrogens is 266 g/mol. The van der Waals surface area contributed by atoms with E-state index in [1.54, 1.807) is 11.8 Å². The van der Waals surface area contributed by atoms with Gasteiger partial charge in [0.25, 0.3) is 0 Å². The van der Waals surface area contributed by atoms with Crippen LogP contribution in [0.2, 0.25) is 0 Å². The molecule has 1 atom stereocenters. The Morgan fingerprint density at radius 1 is 1.30 bits per heavy atom. The number of likely N-dealkylation sites (N-methyl/N-ethyl adjacent to an activating group) is 1. The van der Waals surface area contributed by atoms with Crippen LogP contribution in [-0.2, 0) is 13.0 Å². The van der Waals surface area contributed by atoms with Gasteiger partial charge in [0.05, 0.1) is 0 Å². The molecule has 0 amide bonds. The summed E-state index contributed by atoms with van der Waals surface area (Å²) in [5.74, 6) is 1.15. The van der Waals surface area contributed by atoms with E-state index in [9.17, 15) is 0 Å². The summed E-state index contributed by atoms with van der Waals surface area (Å²) in [6.45, 7) is 3.23. The van der Waals surface area contributed by atoms with Crippen molar-refractivity contribution in [1.29, 1.82) is 0 Å². The second kappa shape index (κ2) is 7.50. The predicted molar refractivity (Wildman–Crippen MR) is 86.2 cm³/mol. The van der Waals surface area contributed by atoms with Crippen molar-refractivity contribution in [3.05, 3.63) is 48.0 Å². The number of imidazole rings is 1. The van der Waals surface area contributed by atoms with Gasteiger partial charge in [-0.25, -0.2) is 4.98 Å². The minimum atomic E-state index is 0.309. The van der Waals surface area contributed by atoms with Crippen LogP contribution in [0.4, 0.5) is 0 Å². The van der Waals surface area contributed by atoms with Crippen LogP contribution in [0.1, 0.15) is 30.8 Å². The third kappa shape index (κ3) is 3.64. The molecule has 108 valence electrons. The van der Waals surface area contributed by atoms with Gasteiger partial charge in [0.15, 0.2) is 0 Å². The van der Waals surface area contributed by atoms with Crippen molar-refractivity contribution in [2.75, 3.05) is 13.3 Å². The number of aromatic nitrogens is 2. The summed E-state index contributed by atoms with van der Waals surface area (Å²) in [6, 6.07) is 9.09. The third-order valence-corrected chi connectivity index (χ3v) is 4.26. The Bertz CT molecular complexity index is 519. The number of nitrogens with one attached hydrogen (secondary N) is 1. The van der Waals surface area contributed by atoms with E-state index in [0.29, 0.717) is 6.04 Å². The molecule has 0 aliphatic rings. The molecule has 1 heterocycles. The molecule has 1 unspecified atom stereocenters. The van der Waals surface area contributed by atoms with Crippen molar-refractivity contribution in [3.8, 4) is 0 Å². The Labute approximate surface area is 125 Å². The van der Waals surface area contributed by atoms with E-state index in [4.69, 9.17) is 0 Å². The molecule has 0 aliphatic heterocycles. The molecule has 2 aromatic rings. The van der Waals surface area contributed by atoms with Crippen LogP contribution >= 0.6 is 11.8 Å². The van der Waals surface area contributed by atoms with E-state index in [1.807, 2.05) is 13.2 Å². The molecule has 0 fully saturated rings. The number of benzene rings is 1. The zero-order chi connectivity index (χ0) is 14.4. The molecule has 4 heteroatoms. The number of nitrogens with zero attached hydrogens (tertiary/aromatic N) is 2. The van der Waals surface area contributed by atoms with Crippen molar-refractivity contribution in [2.24, 2.45) is 0 Å². The molecule has 0 spiro atoms. The average Bonchev–Trinajstić information content (AvgIpc) is 2.92. The van der Waals surface area contributed by atoms with E-state index >= 15 is 0 Å². The van der Waals surface area contributed by atoms with Crippen LogP contribution in [0.15, 0.2) is 41.6 Å². The normalized spacial score (nSPS) is 12.6. The minimum Gasteiger partial charge on any atom is -0.335 e. The molecule has 0 bridgehead atoms. The summed E-state index contributed by atoms with van der Waals surface area (Å²) < 4.78 is 2.25. The first-order chi connectivity index (χ1) is 9.78. The molecule has 2 rings (SSSR count). The van der Waals surface area contributed by atoms with Crippen molar-refractivity contribution < 1.29 is 0 Å². The average molecular weight is 289 g/mol. The second-order valence-corrected chi connectivity index (χ2v) is 5.74. The van der Waals surface area contributed by atoms with Crippen LogP contribution in [0.5, 0.6) is 0 Å². The first kappa shape index (κ1) is 15.1. The Kier molecular flexibility index (Phi) is 5.68. The highest BCUT2D eigenvalue weighted by Crippen LogP contribution is 2.21. The van der Waals surface area contributed by atoms with Crippen LogP contribution in [0, 0.1) is 0 Å². The predicted octanol–water partition coefficient (Wildman–Crippen LogP) is 3.52. The summed E-state index contributed by atoms with van der Waals surface area (Å²) in [5, 5.41) is 3.40. The summed E-state index contributed by atoms with van der Waals surface area (Å²) in [5.41, 5.74) is 1.32. The zero-order valence-corrected chi connectivity index (χ0v) is 13.3. The highest BCUT2D eigenvalue weighted by molar-refractivity contribution is 7.98. The van der Waals surface area contributed by atoms with Crippen LogP contribution in [0.3, 0.4) is 0 Å². The molecule has 1 aromatic heterocycles. The highest BCUT2D eigenvalue weighted by atomic mass is 32.2. The van der Waals surface area contributed by atoms with Crippen molar-refractivity contribution in [3.63, 3.8) is 0 Å². The van der Waals surface area contributed by atoms with Gasteiger partial charge in [-0.2, -0.15) is 0 Å². The maximum atomic E-state index is 4.50. The molecule has 0 saturated heterocycles. The van der Waals surface area contributed by atoms with E-state index < -0.39 is 0 Å². The maximum absolute atomic E-state index is 4.50. The fraction of sp³-hybridized carbons (Fsp3) is 0.438. The first-order valence-electron chi connectivity index (χ1n) is 7.09. The molecule has 3 nitrogen and oxygen atoms in total. The smallest absolute Gasteiger partial charge is 0.110 e. The summed E-state index contributed by atoms with van der Waals surface area (Å²) in [7, 11) is 2.01. The Morgan fingerprint density at radius 3 is 2.65 bits per heavy atom. The first-order valence-corrected chi connectivity index (χ1v) is 8.32. The van der Waals surface area contributed by atoms with Gasteiger partial charge in [0.1, 0.15) is 5.82 Å². The van der Waals surface area contributed by atoms with Crippen molar-refractivity contribution in [2.45, 2.75) is 37.2 Å². The lowest BCUT2D eigenvalue weighted by Crippen LogP contribution is -2.20. The van der Waals surface area contributed by atoms with Gasteiger partial charge in [-0.05, 0) is 37.4 Å². The number of thioether (sulfide) groups is 1. The zero-order valence-electron chi connectivity index (χ0n) is 12.5. The highest BCUT2D eigenvalue weighted by Gasteiger charge is 2.13. The fourth-order valence-corrected chi connectivity index (χ4v) is 2.79. The monoisotopic (exact) mass is 289 g/mol. The lowest BCUT2D eigenvalue weighted by Gasteiger charge is -2.17. The second-order valence-electron chi connectivity index (χ2n) is 4.86. The SMILES string of the molecule is CCCn1ccnc1CC(NC)c1ccc(SC)cc1. The standard InChI is InChI=1S/C16H23N3S/c1-4-10-19-11-9-18-16(19)12-15(17-2)13-5-7-14(20-3)8-6-13/h5-9,11,15,17H,4,10,12H2,1-3H3. The molecule has 0 saturated carbocycles. The molecule has 1 aromatic carbocycles. The van der Waals surface area contributed by atoms with Crippen LogP contribution < -0.4 is 5.32 Å². The largest absolute Gasteiger partial charge is 0.335 e. The maximum Gasteiger partial charge on any atom is 0.110 e. The van der Waals surface area contributed by atoms with E-state index in [0.717, 1.165) is 25.2 Å². The summed E-state index contributed by atoms with van der Waals surface area (Å²) in [4.78, 5) is 5.80. The van der Waals surface area contributed by atoms with Gasteiger partial charge in [-0.3, -0.25) is 0 Å². The number of aryl methyl sites for hydroxylation is 1. The quantitative estimate of drug-likeness (QED) is 0.791. The molecule has 0 radical (unpaired) electrons. The van der Waals surface area contributed by atoms with E-state index in [2.05, 4.69) is 58.5 Å². The van der Waals surface area contributed by atoms with Gasteiger partial charge in [0.2, 0.25) is 0 Å². The molecule has 20 heavy (non-hydrogen) atoms. The van der Waals surface area contributed by atoms with Crippen LogP contribution in [-0.4, -0.2) is 22.9 Å². The molecule has 0 aliphatic carbocycles. The Balaban J connectivity index is 2.13. The minimum absolute atomic E-state index is 0.309. The summed E-state index contributed by atoms with van der Waals surface area (Å²) >= 11 is 1.77. The van der Waals surface area contributed by atoms with Crippen molar-refractivity contribution in [1.82, 2.24) is 14.9 Å². The van der Waals surface area contributed by atoms with Crippen molar-refractivity contribution >= 4 is 11.8 Å². The lowest BCUT2D eigenvalue weighted by molar-refractivity contribution is 0.543. The number of hydrogen-bond donors (Lipinski definition) is 1. The third-order valence-electron chi connectivity index (χ3n) is 3.52. The topological polar surface area (TPSA) is 29.9 Å². The van der Waals surface area contributed by atoms with Crippen LogP contribution in [0.25, 0.3) is 0 Å². The summed E-state index contributed by atoms with van der Waals surface area (Å²) in [6.07, 6.45) is 8.13. The van der Waals surface area contributed by atoms with Gasteiger partial charge in [-0.15, -0.1) is 11.8 Å². The van der Waals surface area contributed by atoms with Gasteiger partial charge in [-0.1, -0.05) is 19.1 Å².